The molecule has 1 aromatic heterocycles. The summed E-state index contributed by atoms with van der Waals surface area (Å²) in [6.45, 7) is 5.40. The Bertz CT molecular complexity index is 705. The number of carbonyl (C=O) groups is 2. The van der Waals surface area contributed by atoms with Crippen LogP contribution < -0.4 is 10.6 Å². The van der Waals surface area contributed by atoms with Crippen LogP contribution in [-0.2, 0) is 4.74 Å². The molecule has 1 aromatic carbocycles. The molecule has 0 atom stereocenters. The van der Waals surface area contributed by atoms with Gasteiger partial charge in [-0.2, -0.15) is 0 Å². The first kappa shape index (κ1) is 17.5. The number of thiophene rings is 1. The predicted octanol–water partition coefficient (Wildman–Crippen LogP) is 5.11. The summed E-state index contributed by atoms with van der Waals surface area (Å²) >= 11 is 4.69. The maximum absolute atomic E-state index is 12.1. The Hall–Kier alpha value is -1.86. The number of amides is 2. The van der Waals surface area contributed by atoms with E-state index in [0.717, 1.165) is 4.47 Å². The quantitative estimate of drug-likeness (QED) is 0.756. The van der Waals surface area contributed by atoms with Crippen molar-refractivity contribution < 1.29 is 14.3 Å². The van der Waals surface area contributed by atoms with Gasteiger partial charge in [-0.25, -0.2) is 4.79 Å². The van der Waals surface area contributed by atoms with E-state index in [2.05, 4.69) is 26.6 Å². The van der Waals surface area contributed by atoms with Gasteiger partial charge in [0, 0.05) is 15.8 Å². The number of benzene rings is 1. The van der Waals surface area contributed by atoms with Crippen LogP contribution in [0.4, 0.5) is 16.2 Å². The lowest BCUT2D eigenvalue weighted by Crippen LogP contribution is -2.27. The van der Waals surface area contributed by atoms with Crippen LogP contribution in [0.3, 0.4) is 0 Å². The Morgan fingerprint density at radius 2 is 1.61 bits per heavy atom. The van der Waals surface area contributed by atoms with Gasteiger partial charge >= 0.3 is 6.09 Å². The zero-order chi connectivity index (χ0) is 17.0. The fourth-order valence-corrected chi connectivity index (χ4v) is 3.15. The van der Waals surface area contributed by atoms with Crippen LogP contribution in [0.25, 0.3) is 0 Å². The highest BCUT2D eigenvalue weighted by Gasteiger charge is 2.16. The van der Waals surface area contributed by atoms with Crippen molar-refractivity contribution in [1.82, 2.24) is 0 Å². The van der Waals surface area contributed by atoms with Gasteiger partial charge in [0.1, 0.15) is 10.5 Å². The van der Waals surface area contributed by atoms with E-state index in [4.69, 9.17) is 4.74 Å². The smallest absolute Gasteiger partial charge is 0.412 e. The van der Waals surface area contributed by atoms with E-state index in [0.29, 0.717) is 16.3 Å². The summed E-state index contributed by atoms with van der Waals surface area (Å²) in [7, 11) is 0. The van der Waals surface area contributed by atoms with Crippen molar-refractivity contribution in [2.24, 2.45) is 0 Å². The molecule has 7 heteroatoms. The fourth-order valence-electron chi connectivity index (χ4n) is 1.70. The number of nitrogens with one attached hydrogen (secondary N) is 2. The summed E-state index contributed by atoms with van der Waals surface area (Å²) in [5.74, 6) is -0.181. The molecule has 1 heterocycles. The number of hydrogen-bond acceptors (Lipinski definition) is 4. The van der Waals surface area contributed by atoms with Gasteiger partial charge in [-0.3, -0.25) is 10.1 Å². The van der Waals surface area contributed by atoms with Crippen LogP contribution in [-0.4, -0.2) is 17.6 Å². The molecule has 23 heavy (non-hydrogen) atoms. The first-order valence-corrected chi connectivity index (χ1v) is 8.56. The molecule has 2 N–H and O–H groups in total. The predicted molar refractivity (Wildman–Crippen MR) is 96.3 cm³/mol. The van der Waals surface area contributed by atoms with Gasteiger partial charge in [0.15, 0.2) is 0 Å². The highest BCUT2D eigenvalue weighted by Crippen LogP contribution is 2.24. The molecule has 0 aliphatic rings. The lowest BCUT2D eigenvalue weighted by Gasteiger charge is -2.19. The van der Waals surface area contributed by atoms with E-state index in [-0.39, 0.29) is 5.91 Å². The summed E-state index contributed by atoms with van der Waals surface area (Å²) < 4.78 is 5.94. The van der Waals surface area contributed by atoms with E-state index in [1.54, 1.807) is 45.0 Å². The molecule has 2 aromatic rings. The topological polar surface area (TPSA) is 67.4 Å². The number of rotatable bonds is 3. The third-order valence-corrected chi connectivity index (χ3v) is 4.45. The molecule has 2 rings (SSSR count). The number of hydrogen-bond donors (Lipinski definition) is 2. The molecular weight excluding hydrogens is 380 g/mol. The van der Waals surface area contributed by atoms with E-state index >= 15 is 0 Å². The Balaban J connectivity index is 1.96. The molecular formula is C16H17BrN2O3S. The molecule has 0 saturated carbocycles. The van der Waals surface area contributed by atoms with Gasteiger partial charge in [-0.1, -0.05) is 0 Å². The van der Waals surface area contributed by atoms with E-state index < -0.39 is 11.7 Å². The summed E-state index contributed by atoms with van der Waals surface area (Å²) in [6.07, 6.45) is -0.517. The lowest BCUT2D eigenvalue weighted by atomic mass is 10.2. The SMILES string of the molecule is CC(C)(C)OC(=O)Nc1ccc(NC(=O)c2sccc2Br)cc1. The van der Waals surface area contributed by atoms with Crippen LogP contribution in [0.1, 0.15) is 30.4 Å². The van der Waals surface area contributed by atoms with Gasteiger partial charge in [0.05, 0.1) is 0 Å². The zero-order valence-electron chi connectivity index (χ0n) is 13.0. The Morgan fingerprint density at radius 3 is 2.09 bits per heavy atom. The van der Waals surface area contributed by atoms with Crippen molar-refractivity contribution >= 4 is 50.6 Å². The highest BCUT2D eigenvalue weighted by atomic mass is 79.9. The minimum absolute atomic E-state index is 0.181. The van der Waals surface area contributed by atoms with Gasteiger partial charge in [-0.15, -0.1) is 11.3 Å². The van der Waals surface area contributed by atoms with Crippen LogP contribution in [0.5, 0.6) is 0 Å². The van der Waals surface area contributed by atoms with Crippen LogP contribution >= 0.6 is 27.3 Å². The third-order valence-electron chi connectivity index (χ3n) is 2.61. The van der Waals surface area contributed by atoms with Crippen LogP contribution in [0.2, 0.25) is 0 Å². The van der Waals surface area contributed by atoms with Gasteiger partial charge in [-0.05, 0) is 72.4 Å². The molecule has 0 bridgehead atoms. The summed E-state index contributed by atoms with van der Waals surface area (Å²) in [4.78, 5) is 24.4. The number of anilines is 2. The maximum Gasteiger partial charge on any atom is 0.412 e. The van der Waals surface area contributed by atoms with Gasteiger partial charge in [0.2, 0.25) is 0 Å². The minimum Gasteiger partial charge on any atom is -0.444 e. The summed E-state index contributed by atoms with van der Waals surface area (Å²) in [5.41, 5.74) is 0.686. The Labute approximate surface area is 147 Å². The van der Waals surface area contributed by atoms with Crippen molar-refractivity contribution in [3.05, 3.63) is 45.1 Å². The van der Waals surface area contributed by atoms with Crippen LogP contribution in [0.15, 0.2) is 40.2 Å². The van der Waals surface area contributed by atoms with Crippen molar-refractivity contribution in [2.75, 3.05) is 10.6 Å². The molecule has 0 saturated heterocycles. The normalized spacial score (nSPS) is 11.0. The largest absolute Gasteiger partial charge is 0.444 e. The second-order valence-electron chi connectivity index (χ2n) is 5.76. The molecule has 2 amide bonds. The number of carbonyl (C=O) groups excluding carboxylic acids is 2. The molecule has 0 fully saturated rings. The van der Waals surface area contributed by atoms with Crippen molar-refractivity contribution in [2.45, 2.75) is 26.4 Å². The molecule has 5 nitrogen and oxygen atoms in total. The van der Waals surface area contributed by atoms with Crippen LogP contribution in [0, 0.1) is 0 Å². The molecule has 0 aliphatic carbocycles. The van der Waals surface area contributed by atoms with Gasteiger partial charge < -0.3 is 10.1 Å². The first-order valence-electron chi connectivity index (χ1n) is 6.89. The first-order chi connectivity index (χ1) is 10.7. The van der Waals surface area contributed by atoms with Crippen molar-refractivity contribution in [1.29, 1.82) is 0 Å². The highest BCUT2D eigenvalue weighted by molar-refractivity contribution is 9.10. The number of ether oxygens (including phenoxy) is 1. The minimum atomic E-state index is -0.550. The fraction of sp³-hybridized carbons (Fsp3) is 0.250. The number of halogens is 1. The monoisotopic (exact) mass is 396 g/mol. The average Bonchev–Trinajstić information content (AvgIpc) is 2.85. The molecule has 122 valence electrons. The Morgan fingerprint density at radius 1 is 1.04 bits per heavy atom. The average molecular weight is 397 g/mol. The van der Waals surface area contributed by atoms with Crippen molar-refractivity contribution in [3.63, 3.8) is 0 Å². The molecule has 0 radical (unpaired) electrons. The maximum atomic E-state index is 12.1. The Kier molecular flexibility index (Phi) is 5.43. The lowest BCUT2D eigenvalue weighted by molar-refractivity contribution is 0.0635. The van der Waals surface area contributed by atoms with E-state index in [9.17, 15) is 9.59 Å². The van der Waals surface area contributed by atoms with E-state index in [1.807, 2.05) is 11.4 Å². The van der Waals surface area contributed by atoms with Gasteiger partial charge in [0.25, 0.3) is 5.91 Å². The van der Waals surface area contributed by atoms with Crippen molar-refractivity contribution in [3.8, 4) is 0 Å². The summed E-state index contributed by atoms with van der Waals surface area (Å²) in [6, 6.07) is 8.65. The second kappa shape index (κ2) is 7.14. The van der Waals surface area contributed by atoms with E-state index in [1.165, 1.54) is 11.3 Å². The zero-order valence-corrected chi connectivity index (χ0v) is 15.4. The standard InChI is InChI=1S/C16H17BrN2O3S/c1-16(2,3)22-15(21)19-11-6-4-10(5-7-11)18-14(20)13-12(17)8-9-23-13/h4-9H,1-3H3,(H,18,20)(H,19,21). The summed E-state index contributed by atoms with van der Waals surface area (Å²) in [5, 5.41) is 7.28. The molecule has 0 aliphatic heterocycles. The second-order valence-corrected chi connectivity index (χ2v) is 7.53. The third kappa shape index (κ3) is 5.37. The molecule has 0 spiro atoms. The molecule has 0 unspecified atom stereocenters.